The van der Waals surface area contributed by atoms with E-state index in [1.54, 1.807) is 0 Å². The molecule has 0 unspecified atom stereocenters. The van der Waals surface area contributed by atoms with Crippen molar-refractivity contribution in [1.82, 2.24) is 0 Å². The fourth-order valence-electron chi connectivity index (χ4n) is 1.56. The summed E-state index contributed by atoms with van der Waals surface area (Å²) in [5, 5.41) is 0. The molecule has 0 heterocycles. The minimum absolute atomic E-state index is 0.770. The minimum atomic E-state index is 0.770. The molecule has 0 spiro atoms. The smallest absolute Gasteiger partial charge is 0.0377 e. The molecule has 1 nitrogen and oxygen atoms in total. The van der Waals surface area contributed by atoms with E-state index in [-0.39, 0.29) is 0 Å². The second-order valence-electron chi connectivity index (χ2n) is 4.24. The number of nitrogens with zero attached hydrogens (tertiary/aromatic N) is 1. The van der Waals surface area contributed by atoms with Gasteiger partial charge >= 0.3 is 0 Å². The van der Waals surface area contributed by atoms with Crippen LogP contribution in [0.5, 0.6) is 0 Å². The summed E-state index contributed by atoms with van der Waals surface area (Å²) in [4.78, 5) is 2.42. The van der Waals surface area contributed by atoms with Crippen molar-refractivity contribution in [3.05, 3.63) is 28.7 Å². The van der Waals surface area contributed by atoms with Crippen LogP contribution in [0.25, 0.3) is 0 Å². The molecule has 1 aromatic carbocycles. The number of rotatable bonds is 5. The predicted octanol–water partition coefficient (Wildman–Crippen LogP) is 4.32. The molecule has 0 radical (unpaired) electrons. The molecule has 0 amide bonds. The highest BCUT2D eigenvalue weighted by atomic mass is 79.9. The number of benzene rings is 1. The van der Waals surface area contributed by atoms with Gasteiger partial charge in [-0.3, -0.25) is 0 Å². The Bertz CT molecular complexity index is 296. The van der Waals surface area contributed by atoms with Crippen LogP contribution < -0.4 is 4.90 Å². The molecule has 0 N–H and O–H groups in total. The molecule has 0 saturated heterocycles. The molecule has 0 aromatic heterocycles. The fraction of sp³-hybridized carbons (Fsp3) is 0.538. The second kappa shape index (κ2) is 6.16. The van der Waals surface area contributed by atoms with Gasteiger partial charge in [0, 0.05) is 23.2 Å². The molecule has 1 aromatic rings. The molecular weight excluding hydrogens is 250 g/mol. The Morgan fingerprint density at radius 3 is 2.60 bits per heavy atom. The molecule has 1 rings (SSSR count). The summed E-state index contributed by atoms with van der Waals surface area (Å²) in [5.41, 5.74) is 1.31. The quantitative estimate of drug-likeness (QED) is 0.770. The van der Waals surface area contributed by atoms with Gasteiger partial charge in [-0.15, -0.1) is 0 Å². The molecule has 0 bridgehead atoms. The molecule has 0 saturated carbocycles. The van der Waals surface area contributed by atoms with Crippen molar-refractivity contribution in [2.45, 2.75) is 27.2 Å². The van der Waals surface area contributed by atoms with Crippen LogP contribution in [-0.2, 0) is 0 Å². The van der Waals surface area contributed by atoms with Crippen molar-refractivity contribution in [2.24, 2.45) is 5.92 Å². The Hall–Kier alpha value is -0.500. The third kappa shape index (κ3) is 4.25. The maximum atomic E-state index is 3.51. The highest BCUT2D eigenvalue weighted by Crippen LogP contribution is 2.20. The summed E-state index contributed by atoms with van der Waals surface area (Å²) in [6.07, 6.45) is 1.25. The average Bonchev–Trinajstić information content (AvgIpc) is 2.18. The monoisotopic (exact) mass is 269 g/mol. The first-order valence-electron chi connectivity index (χ1n) is 5.64. The molecule has 0 atom stereocenters. The summed E-state index contributed by atoms with van der Waals surface area (Å²) < 4.78 is 1.16. The largest absolute Gasteiger partial charge is 0.372 e. The van der Waals surface area contributed by atoms with Crippen LogP contribution in [0.3, 0.4) is 0 Å². The van der Waals surface area contributed by atoms with E-state index in [4.69, 9.17) is 0 Å². The number of anilines is 1. The third-order valence-electron chi connectivity index (χ3n) is 2.53. The standard InChI is InChI=1S/C13H20BrN/c1-4-15(9-8-11(2)3)13-7-5-6-12(14)10-13/h5-7,10-11H,4,8-9H2,1-3H3. The maximum Gasteiger partial charge on any atom is 0.0377 e. The van der Waals surface area contributed by atoms with Gasteiger partial charge < -0.3 is 4.90 Å². The normalized spacial score (nSPS) is 10.7. The molecule has 0 aliphatic rings. The summed E-state index contributed by atoms with van der Waals surface area (Å²) >= 11 is 3.51. The highest BCUT2D eigenvalue weighted by molar-refractivity contribution is 9.10. The van der Waals surface area contributed by atoms with E-state index in [0.29, 0.717) is 0 Å². The van der Waals surface area contributed by atoms with Gasteiger partial charge in [0.15, 0.2) is 0 Å². The predicted molar refractivity (Wildman–Crippen MR) is 71.5 cm³/mol. The zero-order chi connectivity index (χ0) is 11.3. The third-order valence-corrected chi connectivity index (χ3v) is 3.02. The Morgan fingerprint density at radius 1 is 1.33 bits per heavy atom. The Balaban J connectivity index is 2.65. The van der Waals surface area contributed by atoms with Gasteiger partial charge in [-0.25, -0.2) is 0 Å². The van der Waals surface area contributed by atoms with Crippen LogP contribution in [0, 0.1) is 5.92 Å². The molecule has 0 fully saturated rings. The van der Waals surface area contributed by atoms with Gasteiger partial charge in [0.05, 0.1) is 0 Å². The van der Waals surface area contributed by atoms with Gasteiger partial charge in [0.25, 0.3) is 0 Å². The van der Waals surface area contributed by atoms with Gasteiger partial charge in [-0.05, 0) is 37.5 Å². The SMILES string of the molecule is CCN(CCC(C)C)c1cccc(Br)c1. The van der Waals surface area contributed by atoms with Crippen molar-refractivity contribution in [2.75, 3.05) is 18.0 Å². The van der Waals surface area contributed by atoms with E-state index in [1.807, 2.05) is 0 Å². The molecule has 15 heavy (non-hydrogen) atoms. The van der Waals surface area contributed by atoms with Crippen molar-refractivity contribution >= 4 is 21.6 Å². The molecule has 84 valence electrons. The van der Waals surface area contributed by atoms with E-state index < -0.39 is 0 Å². The topological polar surface area (TPSA) is 3.24 Å². The van der Waals surface area contributed by atoms with E-state index in [2.05, 4.69) is 65.9 Å². The fourth-order valence-corrected chi connectivity index (χ4v) is 1.94. The first-order chi connectivity index (χ1) is 7.13. The van der Waals surface area contributed by atoms with Gasteiger partial charge in [0.2, 0.25) is 0 Å². The lowest BCUT2D eigenvalue weighted by Gasteiger charge is -2.24. The highest BCUT2D eigenvalue weighted by Gasteiger charge is 2.05. The zero-order valence-electron chi connectivity index (χ0n) is 9.83. The zero-order valence-corrected chi connectivity index (χ0v) is 11.4. The van der Waals surface area contributed by atoms with Crippen LogP contribution in [0.2, 0.25) is 0 Å². The second-order valence-corrected chi connectivity index (χ2v) is 5.16. The van der Waals surface area contributed by atoms with Crippen LogP contribution >= 0.6 is 15.9 Å². The van der Waals surface area contributed by atoms with Crippen LogP contribution in [-0.4, -0.2) is 13.1 Å². The Morgan fingerprint density at radius 2 is 2.07 bits per heavy atom. The van der Waals surface area contributed by atoms with Crippen molar-refractivity contribution in [3.63, 3.8) is 0 Å². The lowest BCUT2D eigenvalue weighted by atomic mass is 10.1. The van der Waals surface area contributed by atoms with E-state index in [1.165, 1.54) is 12.1 Å². The van der Waals surface area contributed by atoms with Crippen molar-refractivity contribution < 1.29 is 0 Å². The van der Waals surface area contributed by atoms with Gasteiger partial charge in [-0.2, -0.15) is 0 Å². The summed E-state index contributed by atoms with van der Waals surface area (Å²) in [7, 11) is 0. The maximum absolute atomic E-state index is 3.51. The van der Waals surface area contributed by atoms with E-state index in [9.17, 15) is 0 Å². The average molecular weight is 270 g/mol. The van der Waals surface area contributed by atoms with Crippen LogP contribution in [0.1, 0.15) is 27.2 Å². The molecule has 0 aliphatic heterocycles. The Kier molecular flexibility index (Phi) is 5.16. The molecule has 2 heteroatoms. The lowest BCUT2D eigenvalue weighted by molar-refractivity contribution is 0.576. The van der Waals surface area contributed by atoms with Crippen molar-refractivity contribution in [3.8, 4) is 0 Å². The van der Waals surface area contributed by atoms with Crippen LogP contribution in [0.15, 0.2) is 28.7 Å². The minimum Gasteiger partial charge on any atom is -0.372 e. The number of hydrogen-bond donors (Lipinski definition) is 0. The summed E-state index contributed by atoms with van der Waals surface area (Å²) in [5.74, 6) is 0.770. The van der Waals surface area contributed by atoms with E-state index in [0.717, 1.165) is 23.5 Å². The van der Waals surface area contributed by atoms with Gasteiger partial charge in [0.1, 0.15) is 0 Å². The Labute approximate surface area is 102 Å². The van der Waals surface area contributed by atoms with Crippen LogP contribution in [0.4, 0.5) is 5.69 Å². The number of halogens is 1. The van der Waals surface area contributed by atoms with Gasteiger partial charge in [-0.1, -0.05) is 35.8 Å². The number of hydrogen-bond acceptors (Lipinski definition) is 1. The summed E-state index contributed by atoms with van der Waals surface area (Å²) in [6, 6.07) is 8.52. The molecule has 0 aliphatic carbocycles. The first-order valence-corrected chi connectivity index (χ1v) is 6.43. The van der Waals surface area contributed by atoms with Crippen molar-refractivity contribution in [1.29, 1.82) is 0 Å². The lowest BCUT2D eigenvalue weighted by Crippen LogP contribution is -2.24. The summed E-state index contributed by atoms with van der Waals surface area (Å²) in [6.45, 7) is 8.97. The van der Waals surface area contributed by atoms with E-state index >= 15 is 0 Å². The first kappa shape index (κ1) is 12.6. The molecular formula is C13H20BrN.